The fourth-order valence-electron chi connectivity index (χ4n) is 3.74. The van der Waals surface area contributed by atoms with Crippen molar-refractivity contribution in [2.24, 2.45) is 0 Å². The lowest BCUT2D eigenvalue weighted by Gasteiger charge is -2.33. The van der Waals surface area contributed by atoms with Crippen LogP contribution in [0, 0.1) is 3.57 Å². The van der Waals surface area contributed by atoms with Gasteiger partial charge in [0, 0.05) is 10.1 Å². The Morgan fingerprint density at radius 2 is 1.67 bits per heavy atom. The van der Waals surface area contributed by atoms with Crippen molar-refractivity contribution < 1.29 is 22.7 Å². The Kier molecular flexibility index (Phi) is 7.67. The van der Waals surface area contributed by atoms with Crippen LogP contribution in [0.2, 0.25) is 0 Å². The first-order valence-corrected chi connectivity index (χ1v) is 13.2. The fourth-order valence-corrected chi connectivity index (χ4v) is 5.75. The van der Waals surface area contributed by atoms with Crippen LogP contribution in [-0.2, 0) is 26.2 Å². The van der Waals surface area contributed by atoms with Crippen LogP contribution in [0.3, 0.4) is 0 Å². The molecule has 1 heterocycles. The third-order valence-corrected chi connectivity index (χ3v) is 8.05. The average molecular weight is 577 g/mol. The van der Waals surface area contributed by atoms with E-state index in [1.165, 1.54) is 4.31 Å². The molecule has 33 heavy (non-hydrogen) atoms. The van der Waals surface area contributed by atoms with Gasteiger partial charge in [-0.2, -0.15) is 4.31 Å². The van der Waals surface area contributed by atoms with Gasteiger partial charge in [0.2, 0.25) is 10.0 Å². The van der Waals surface area contributed by atoms with Gasteiger partial charge in [-0.1, -0.05) is 30.3 Å². The minimum absolute atomic E-state index is 0.0404. The number of hydrogen-bond acceptors (Lipinski definition) is 5. The first kappa shape index (κ1) is 23.7. The summed E-state index contributed by atoms with van der Waals surface area (Å²) in [6.45, 7) is 0.341. The van der Waals surface area contributed by atoms with Crippen molar-refractivity contribution >= 4 is 38.6 Å². The van der Waals surface area contributed by atoms with Crippen LogP contribution in [0.15, 0.2) is 83.8 Å². The summed E-state index contributed by atoms with van der Waals surface area (Å²) in [5.74, 6) is 0.818. The Labute approximate surface area is 207 Å². The summed E-state index contributed by atoms with van der Waals surface area (Å²) in [6, 6.07) is 22.5. The molecule has 172 valence electrons. The van der Waals surface area contributed by atoms with Gasteiger partial charge in [0.15, 0.2) is 0 Å². The van der Waals surface area contributed by atoms with E-state index in [4.69, 9.17) is 9.47 Å². The number of rotatable bonds is 7. The Bertz CT molecular complexity index is 1200. The van der Waals surface area contributed by atoms with Crippen LogP contribution >= 0.6 is 22.6 Å². The molecule has 3 aromatic rings. The number of sulfonamides is 1. The Morgan fingerprint density at radius 1 is 0.939 bits per heavy atom. The Balaban J connectivity index is 1.44. The lowest BCUT2D eigenvalue weighted by Crippen LogP contribution is -2.48. The van der Waals surface area contributed by atoms with E-state index < -0.39 is 22.0 Å². The third-order valence-electron chi connectivity index (χ3n) is 5.40. The molecule has 6 nitrogen and oxygen atoms in total. The van der Waals surface area contributed by atoms with E-state index in [1.54, 1.807) is 30.3 Å². The van der Waals surface area contributed by atoms with Crippen LogP contribution in [0.4, 0.5) is 0 Å². The number of para-hydroxylation sites is 1. The number of halogens is 1. The van der Waals surface area contributed by atoms with Crippen molar-refractivity contribution in [1.82, 2.24) is 4.31 Å². The molecule has 8 heteroatoms. The number of piperidine rings is 1. The largest absolute Gasteiger partial charge is 0.460 e. The maximum Gasteiger partial charge on any atom is 0.324 e. The lowest BCUT2D eigenvalue weighted by atomic mass is 10.1. The maximum atomic E-state index is 13.2. The van der Waals surface area contributed by atoms with Crippen molar-refractivity contribution in [1.29, 1.82) is 0 Å². The predicted molar refractivity (Wildman–Crippen MR) is 133 cm³/mol. The molecule has 3 aromatic carbocycles. The number of esters is 1. The number of hydrogen-bond donors (Lipinski definition) is 0. The van der Waals surface area contributed by atoms with Crippen LogP contribution in [0.25, 0.3) is 0 Å². The van der Waals surface area contributed by atoms with E-state index in [1.807, 2.05) is 48.5 Å². The van der Waals surface area contributed by atoms with E-state index in [2.05, 4.69) is 22.6 Å². The molecule has 1 aliphatic rings. The van der Waals surface area contributed by atoms with E-state index in [0.717, 1.165) is 15.6 Å². The molecule has 0 spiro atoms. The van der Waals surface area contributed by atoms with Gasteiger partial charge in [-0.05, 0) is 95.9 Å². The van der Waals surface area contributed by atoms with Gasteiger partial charge < -0.3 is 9.47 Å². The summed E-state index contributed by atoms with van der Waals surface area (Å²) < 4.78 is 40.0. The van der Waals surface area contributed by atoms with Crippen LogP contribution < -0.4 is 4.74 Å². The predicted octanol–water partition coefficient (Wildman–Crippen LogP) is 5.37. The Hall–Kier alpha value is -2.43. The highest BCUT2D eigenvalue weighted by molar-refractivity contribution is 14.1. The second-order valence-corrected chi connectivity index (χ2v) is 10.9. The van der Waals surface area contributed by atoms with E-state index >= 15 is 0 Å². The van der Waals surface area contributed by atoms with Crippen molar-refractivity contribution in [3.8, 4) is 11.5 Å². The van der Waals surface area contributed by atoms with Gasteiger partial charge in [0.1, 0.15) is 24.1 Å². The van der Waals surface area contributed by atoms with E-state index in [9.17, 15) is 13.2 Å². The zero-order valence-electron chi connectivity index (χ0n) is 17.9. The monoisotopic (exact) mass is 577 g/mol. The summed E-state index contributed by atoms with van der Waals surface area (Å²) in [5.41, 5.74) is 0.764. The van der Waals surface area contributed by atoms with E-state index in [0.29, 0.717) is 30.9 Å². The number of ether oxygens (including phenoxy) is 2. The highest BCUT2D eigenvalue weighted by atomic mass is 127. The summed E-state index contributed by atoms with van der Waals surface area (Å²) >= 11 is 2.13. The molecule has 1 saturated heterocycles. The number of nitrogens with zero attached hydrogens (tertiary/aromatic N) is 1. The zero-order chi connectivity index (χ0) is 23.3. The van der Waals surface area contributed by atoms with Gasteiger partial charge in [-0.25, -0.2) is 8.42 Å². The quantitative estimate of drug-likeness (QED) is 0.279. The first-order valence-electron chi connectivity index (χ1n) is 10.7. The lowest BCUT2D eigenvalue weighted by molar-refractivity contribution is -0.150. The highest BCUT2D eigenvalue weighted by Gasteiger charge is 2.38. The average Bonchev–Trinajstić information content (AvgIpc) is 2.84. The summed E-state index contributed by atoms with van der Waals surface area (Å²) in [5, 5.41) is 0. The number of benzene rings is 3. The van der Waals surface area contributed by atoms with Crippen molar-refractivity contribution in [3.05, 3.63) is 88.0 Å². The van der Waals surface area contributed by atoms with Crippen molar-refractivity contribution in [3.63, 3.8) is 0 Å². The van der Waals surface area contributed by atoms with Crippen molar-refractivity contribution in [2.45, 2.75) is 36.8 Å². The zero-order valence-corrected chi connectivity index (χ0v) is 20.9. The fraction of sp³-hybridized carbons (Fsp3) is 0.240. The Morgan fingerprint density at radius 3 is 2.42 bits per heavy atom. The standard InChI is InChI=1S/C25H24INO5S/c26-20-12-14-23(15-13-20)33(29,30)27-16-5-4-11-24(27)25(28)31-18-19-7-6-10-22(17-19)32-21-8-2-1-3-9-21/h1-3,6-10,12-15,17,24H,4-5,11,16,18H2. The molecule has 0 amide bonds. The first-order chi connectivity index (χ1) is 15.9. The van der Waals surface area contributed by atoms with Crippen LogP contribution in [-0.4, -0.2) is 31.3 Å². The van der Waals surface area contributed by atoms with Gasteiger partial charge in [-0.15, -0.1) is 0 Å². The van der Waals surface area contributed by atoms with E-state index in [-0.39, 0.29) is 11.5 Å². The van der Waals surface area contributed by atoms with Gasteiger partial charge in [-0.3, -0.25) is 4.79 Å². The smallest absolute Gasteiger partial charge is 0.324 e. The minimum Gasteiger partial charge on any atom is -0.460 e. The summed E-state index contributed by atoms with van der Waals surface area (Å²) in [4.78, 5) is 13.1. The van der Waals surface area contributed by atoms with Crippen LogP contribution in [0.1, 0.15) is 24.8 Å². The molecular weight excluding hydrogens is 553 g/mol. The number of carbonyl (C=O) groups is 1. The molecule has 0 radical (unpaired) electrons. The molecular formula is C25H24INO5S. The van der Waals surface area contributed by atoms with Gasteiger partial charge in [0.25, 0.3) is 0 Å². The maximum absolute atomic E-state index is 13.2. The molecule has 0 aromatic heterocycles. The molecule has 4 rings (SSSR count). The molecule has 0 aliphatic carbocycles. The van der Waals surface area contributed by atoms with Crippen molar-refractivity contribution in [2.75, 3.05) is 6.54 Å². The molecule has 1 unspecified atom stereocenters. The second kappa shape index (κ2) is 10.7. The number of carbonyl (C=O) groups excluding carboxylic acids is 1. The third kappa shape index (κ3) is 5.93. The SMILES string of the molecule is O=C(OCc1cccc(Oc2ccccc2)c1)C1CCCCN1S(=O)(=O)c1ccc(I)cc1. The molecule has 1 fully saturated rings. The summed E-state index contributed by atoms with van der Waals surface area (Å²) in [7, 11) is -3.79. The topological polar surface area (TPSA) is 72.9 Å². The minimum atomic E-state index is -3.79. The molecule has 1 atom stereocenters. The highest BCUT2D eigenvalue weighted by Crippen LogP contribution is 2.27. The molecule has 1 aliphatic heterocycles. The van der Waals surface area contributed by atoms with Gasteiger partial charge in [0.05, 0.1) is 4.90 Å². The van der Waals surface area contributed by atoms with Crippen LogP contribution in [0.5, 0.6) is 11.5 Å². The van der Waals surface area contributed by atoms with Gasteiger partial charge >= 0.3 is 5.97 Å². The molecule has 0 saturated carbocycles. The summed E-state index contributed by atoms with van der Waals surface area (Å²) in [6.07, 6.45) is 1.94. The molecule has 0 N–H and O–H groups in total. The normalized spacial score (nSPS) is 16.8. The molecule has 0 bridgehead atoms. The second-order valence-electron chi connectivity index (χ2n) is 7.75.